The van der Waals surface area contributed by atoms with E-state index in [2.05, 4.69) is 29.3 Å². The molecular weight excluding hydrogens is 458 g/mol. The lowest BCUT2D eigenvalue weighted by Gasteiger charge is -2.31. The minimum atomic E-state index is -0.446. The van der Waals surface area contributed by atoms with Crippen LogP contribution in [0.3, 0.4) is 0 Å². The van der Waals surface area contributed by atoms with E-state index in [0.29, 0.717) is 35.2 Å². The highest BCUT2D eigenvalue weighted by Crippen LogP contribution is 2.41. The molecule has 1 unspecified atom stereocenters. The molecule has 0 spiro atoms. The topological polar surface area (TPSA) is 63.5 Å². The lowest BCUT2D eigenvalue weighted by atomic mass is 10.0. The molecule has 1 atom stereocenters. The molecule has 1 amide bonds. The fourth-order valence-electron chi connectivity index (χ4n) is 4.19. The molecule has 0 bridgehead atoms. The summed E-state index contributed by atoms with van der Waals surface area (Å²) in [5, 5.41) is 0.743. The van der Waals surface area contributed by atoms with Gasteiger partial charge in [0, 0.05) is 23.8 Å². The maximum absolute atomic E-state index is 13.1. The molecule has 0 N–H and O–H groups in total. The third-order valence-electron chi connectivity index (χ3n) is 5.90. The zero-order valence-corrected chi connectivity index (χ0v) is 20.4. The highest BCUT2D eigenvalue weighted by molar-refractivity contribution is 8.14. The fourth-order valence-corrected chi connectivity index (χ4v) is 5.05. The molecule has 0 saturated heterocycles. The van der Waals surface area contributed by atoms with Gasteiger partial charge in [0.1, 0.15) is 11.9 Å². The van der Waals surface area contributed by atoms with Gasteiger partial charge in [-0.3, -0.25) is 9.69 Å². The standard InChI is InChI=1S/C28H25N3O3S/c1-33-24-17-21-22(18-25(24)34-2)29-28(35-15-9-14-19-10-5-3-6-11-19)31-23(27(32)30-26(21)31)16-20-12-7-4-8-13-20/h3-14,17-18,23H,15-16H2,1-2H3/b14-9+. The average Bonchev–Trinajstić information content (AvgIpc) is 3.23. The van der Waals surface area contributed by atoms with Crippen LogP contribution >= 0.6 is 11.8 Å². The Balaban J connectivity index is 1.49. The molecular formula is C28H25N3O3S. The Labute approximate surface area is 209 Å². The van der Waals surface area contributed by atoms with E-state index in [1.54, 1.807) is 26.0 Å². The van der Waals surface area contributed by atoms with E-state index in [0.717, 1.165) is 21.9 Å². The van der Waals surface area contributed by atoms with Crippen molar-refractivity contribution >= 4 is 40.4 Å². The van der Waals surface area contributed by atoms with Crippen LogP contribution in [0.1, 0.15) is 16.7 Å². The number of carbonyl (C=O) groups is 1. The molecule has 3 aromatic rings. The summed E-state index contributed by atoms with van der Waals surface area (Å²) in [5.41, 5.74) is 3.69. The Morgan fingerprint density at radius 2 is 1.63 bits per heavy atom. The third kappa shape index (κ3) is 4.72. The summed E-state index contributed by atoms with van der Waals surface area (Å²) in [6.45, 7) is 0. The number of hydrogen-bond donors (Lipinski definition) is 0. The summed E-state index contributed by atoms with van der Waals surface area (Å²) < 4.78 is 11.0. The monoisotopic (exact) mass is 483 g/mol. The van der Waals surface area contributed by atoms with Crippen molar-refractivity contribution in [2.75, 3.05) is 20.0 Å². The molecule has 2 aliphatic rings. The summed E-state index contributed by atoms with van der Waals surface area (Å²) >= 11 is 1.58. The van der Waals surface area contributed by atoms with Crippen molar-refractivity contribution in [2.24, 2.45) is 9.98 Å². The first-order valence-electron chi connectivity index (χ1n) is 11.3. The van der Waals surface area contributed by atoms with Gasteiger partial charge in [0.25, 0.3) is 5.91 Å². The van der Waals surface area contributed by atoms with Crippen molar-refractivity contribution in [1.82, 2.24) is 4.90 Å². The van der Waals surface area contributed by atoms with Crippen LogP contribution in [0.15, 0.2) is 88.9 Å². The zero-order valence-electron chi connectivity index (χ0n) is 19.5. The summed E-state index contributed by atoms with van der Waals surface area (Å²) in [5.74, 6) is 2.30. The van der Waals surface area contributed by atoms with Crippen molar-refractivity contribution in [2.45, 2.75) is 12.5 Å². The Hall–Kier alpha value is -3.84. The van der Waals surface area contributed by atoms with Gasteiger partial charge in [0.05, 0.1) is 19.9 Å². The summed E-state index contributed by atoms with van der Waals surface area (Å²) in [4.78, 5) is 24.5. The summed E-state index contributed by atoms with van der Waals surface area (Å²) in [6.07, 6.45) is 4.74. The van der Waals surface area contributed by atoms with E-state index in [9.17, 15) is 4.79 Å². The Bertz CT molecular complexity index is 1320. The van der Waals surface area contributed by atoms with Gasteiger partial charge in [-0.15, -0.1) is 0 Å². The van der Waals surface area contributed by atoms with Crippen LogP contribution in [-0.4, -0.2) is 47.8 Å². The predicted molar refractivity (Wildman–Crippen MR) is 142 cm³/mol. The second-order valence-electron chi connectivity index (χ2n) is 8.09. The number of carbonyl (C=O) groups excluding carboxylic acids is 1. The van der Waals surface area contributed by atoms with Crippen LogP contribution in [0.2, 0.25) is 0 Å². The number of nitrogens with zero attached hydrogens (tertiary/aromatic N) is 3. The van der Waals surface area contributed by atoms with E-state index in [1.807, 2.05) is 65.6 Å². The van der Waals surface area contributed by atoms with E-state index in [4.69, 9.17) is 14.5 Å². The molecule has 7 heteroatoms. The van der Waals surface area contributed by atoms with Gasteiger partial charge in [-0.2, -0.15) is 4.99 Å². The van der Waals surface area contributed by atoms with Crippen LogP contribution < -0.4 is 9.47 Å². The first-order valence-corrected chi connectivity index (χ1v) is 12.3. The van der Waals surface area contributed by atoms with Crippen molar-refractivity contribution in [3.8, 4) is 11.5 Å². The number of aliphatic imine (C=N–C) groups is 2. The molecule has 2 aliphatic heterocycles. The highest BCUT2D eigenvalue weighted by atomic mass is 32.2. The largest absolute Gasteiger partial charge is 0.493 e. The number of amides is 1. The van der Waals surface area contributed by atoms with Crippen LogP contribution in [0.5, 0.6) is 11.5 Å². The molecule has 5 rings (SSSR count). The molecule has 0 fully saturated rings. The molecule has 0 radical (unpaired) electrons. The third-order valence-corrected chi connectivity index (χ3v) is 6.80. The average molecular weight is 484 g/mol. The van der Waals surface area contributed by atoms with Crippen molar-refractivity contribution < 1.29 is 14.3 Å². The number of rotatable bonds is 7. The lowest BCUT2D eigenvalue weighted by molar-refractivity contribution is -0.119. The van der Waals surface area contributed by atoms with Gasteiger partial charge >= 0.3 is 0 Å². The number of amidine groups is 2. The van der Waals surface area contributed by atoms with E-state index in [-0.39, 0.29) is 5.91 Å². The molecule has 0 aromatic heterocycles. The van der Waals surface area contributed by atoms with Gasteiger partial charge in [-0.25, -0.2) is 4.99 Å². The first-order chi connectivity index (χ1) is 17.2. The fraction of sp³-hybridized carbons (Fsp3) is 0.179. The maximum Gasteiger partial charge on any atom is 0.271 e. The Kier molecular flexibility index (Phi) is 6.68. The summed E-state index contributed by atoms with van der Waals surface area (Å²) in [7, 11) is 3.19. The smallest absolute Gasteiger partial charge is 0.271 e. The van der Waals surface area contributed by atoms with Crippen molar-refractivity contribution in [3.63, 3.8) is 0 Å². The van der Waals surface area contributed by atoms with Crippen LogP contribution in [0, 0.1) is 0 Å². The highest BCUT2D eigenvalue weighted by Gasteiger charge is 2.42. The number of hydrogen-bond acceptors (Lipinski definition) is 6. The number of fused-ring (bicyclic) bond motifs is 3. The van der Waals surface area contributed by atoms with Gasteiger partial charge in [-0.05, 0) is 17.2 Å². The second-order valence-corrected chi connectivity index (χ2v) is 9.08. The normalized spacial score (nSPS) is 16.6. The van der Waals surface area contributed by atoms with Gasteiger partial charge in [0.15, 0.2) is 16.7 Å². The maximum atomic E-state index is 13.1. The van der Waals surface area contributed by atoms with Crippen LogP contribution in [0.25, 0.3) is 6.08 Å². The quantitative estimate of drug-likeness (QED) is 0.453. The lowest BCUT2D eigenvalue weighted by Crippen LogP contribution is -2.44. The summed E-state index contributed by atoms with van der Waals surface area (Å²) in [6, 6.07) is 23.4. The van der Waals surface area contributed by atoms with Gasteiger partial charge in [0.2, 0.25) is 0 Å². The SMILES string of the molecule is COc1cc2c(cc1OC)C1=NC(=O)C(Cc3ccccc3)N1C(SC/C=C/c1ccccc1)=N2. The van der Waals surface area contributed by atoms with Crippen LogP contribution in [-0.2, 0) is 11.2 Å². The predicted octanol–water partition coefficient (Wildman–Crippen LogP) is 5.35. The number of methoxy groups -OCH3 is 2. The Morgan fingerprint density at radius 1 is 0.943 bits per heavy atom. The number of benzene rings is 3. The molecule has 176 valence electrons. The zero-order chi connectivity index (χ0) is 24.2. The number of thioether (sulfide) groups is 1. The van der Waals surface area contributed by atoms with Gasteiger partial charge < -0.3 is 9.47 Å². The van der Waals surface area contributed by atoms with Crippen LogP contribution in [0.4, 0.5) is 5.69 Å². The molecule has 35 heavy (non-hydrogen) atoms. The molecule has 0 aliphatic carbocycles. The van der Waals surface area contributed by atoms with Crippen molar-refractivity contribution in [3.05, 3.63) is 95.6 Å². The second kappa shape index (κ2) is 10.2. The molecule has 3 aromatic carbocycles. The van der Waals surface area contributed by atoms with E-state index in [1.165, 1.54) is 0 Å². The molecule has 2 heterocycles. The Morgan fingerprint density at radius 3 is 2.34 bits per heavy atom. The van der Waals surface area contributed by atoms with E-state index >= 15 is 0 Å². The minimum absolute atomic E-state index is 0.167. The van der Waals surface area contributed by atoms with Crippen molar-refractivity contribution in [1.29, 1.82) is 0 Å². The van der Waals surface area contributed by atoms with Gasteiger partial charge in [-0.1, -0.05) is 84.6 Å². The molecule has 0 saturated carbocycles. The number of ether oxygens (including phenoxy) is 2. The first kappa shape index (κ1) is 22.9. The minimum Gasteiger partial charge on any atom is -0.493 e. The van der Waals surface area contributed by atoms with E-state index < -0.39 is 6.04 Å². The molecule has 6 nitrogen and oxygen atoms in total.